The van der Waals surface area contributed by atoms with Gasteiger partial charge in [-0.25, -0.2) is 0 Å². The van der Waals surface area contributed by atoms with Gasteiger partial charge >= 0.3 is 0 Å². The lowest BCUT2D eigenvalue weighted by molar-refractivity contribution is 0.0993. The van der Waals surface area contributed by atoms with Gasteiger partial charge in [-0.15, -0.1) is 23.5 Å². The molecule has 0 spiro atoms. The summed E-state index contributed by atoms with van der Waals surface area (Å²) in [5.41, 5.74) is 2.73. The number of carbonyl (C=O) groups is 1. The maximum Gasteiger partial charge on any atom is 0.291 e. The van der Waals surface area contributed by atoms with Crippen LogP contribution in [0.25, 0.3) is 0 Å². The molecule has 0 radical (unpaired) electrons. The van der Waals surface area contributed by atoms with Gasteiger partial charge in [-0.05, 0) is 53.8 Å². The van der Waals surface area contributed by atoms with E-state index < -0.39 is 0 Å². The van der Waals surface area contributed by atoms with E-state index in [0.29, 0.717) is 4.58 Å². The van der Waals surface area contributed by atoms with Gasteiger partial charge in [0.2, 0.25) is 0 Å². The molecule has 6 heteroatoms. The predicted octanol–water partition coefficient (Wildman–Crippen LogP) is 5.98. The monoisotopic (exact) mass is 411 g/mol. The Labute approximate surface area is 173 Å². The van der Waals surface area contributed by atoms with Crippen LogP contribution in [0.5, 0.6) is 5.75 Å². The third-order valence-electron chi connectivity index (χ3n) is 4.33. The van der Waals surface area contributed by atoms with Crippen LogP contribution in [-0.4, -0.2) is 17.4 Å². The van der Waals surface area contributed by atoms with Crippen LogP contribution >= 0.6 is 23.5 Å². The Bertz CT molecular complexity index is 920. The molecule has 3 aromatic rings. The minimum Gasteiger partial charge on any atom is -0.489 e. The molecule has 0 atom stereocenters. The number of rotatable bonds is 6. The van der Waals surface area contributed by atoms with Crippen molar-refractivity contribution in [1.82, 2.24) is 0 Å². The molecule has 2 aromatic carbocycles. The molecule has 28 heavy (non-hydrogen) atoms. The Morgan fingerprint density at radius 2 is 1.89 bits per heavy atom. The highest BCUT2D eigenvalue weighted by molar-refractivity contribution is 8.16. The topological polar surface area (TPSA) is 51.5 Å². The average Bonchev–Trinajstić information content (AvgIpc) is 3.23. The molecule has 1 fully saturated rings. The smallest absolute Gasteiger partial charge is 0.291 e. The molecule has 1 aliphatic heterocycles. The Morgan fingerprint density at radius 1 is 1.07 bits per heavy atom. The summed E-state index contributed by atoms with van der Waals surface area (Å²) in [4.78, 5) is 12.7. The van der Waals surface area contributed by atoms with Crippen LogP contribution in [-0.2, 0) is 6.61 Å². The SMILES string of the molecule is O=C(Nc1cccc(C2SCCCS2)c1)c1occc1COc1ccccc1. The third kappa shape index (κ3) is 4.75. The minimum atomic E-state index is -0.266. The zero-order valence-corrected chi connectivity index (χ0v) is 16.9. The van der Waals surface area contributed by atoms with Crippen LogP contribution in [0.3, 0.4) is 0 Å². The summed E-state index contributed by atoms with van der Waals surface area (Å²) in [6, 6.07) is 19.4. The molecule has 1 amide bonds. The third-order valence-corrected chi connectivity index (χ3v) is 7.35. The number of anilines is 1. The first-order valence-corrected chi connectivity index (χ1v) is 11.3. The van der Waals surface area contributed by atoms with Gasteiger partial charge in [0.1, 0.15) is 12.4 Å². The van der Waals surface area contributed by atoms with Crippen molar-refractivity contribution < 1.29 is 13.9 Å². The van der Waals surface area contributed by atoms with Gasteiger partial charge in [0.15, 0.2) is 5.76 Å². The van der Waals surface area contributed by atoms with Crippen molar-refractivity contribution in [1.29, 1.82) is 0 Å². The first-order chi connectivity index (χ1) is 13.8. The molecule has 0 bridgehead atoms. The van der Waals surface area contributed by atoms with Crippen molar-refractivity contribution in [3.63, 3.8) is 0 Å². The van der Waals surface area contributed by atoms with Crippen LogP contribution < -0.4 is 10.1 Å². The fourth-order valence-electron chi connectivity index (χ4n) is 2.96. The molecule has 1 saturated heterocycles. The molecule has 2 heterocycles. The van der Waals surface area contributed by atoms with Gasteiger partial charge in [-0.3, -0.25) is 4.79 Å². The number of furan rings is 1. The Morgan fingerprint density at radius 3 is 2.71 bits per heavy atom. The van der Waals surface area contributed by atoms with Gasteiger partial charge in [-0.1, -0.05) is 30.3 Å². The molecule has 0 saturated carbocycles. The van der Waals surface area contributed by atoms with Gasteiger partial charge in [0.25, 0.3) is 5.91 Å². The van der Waals surface area contributed by atoms with E-state index in [4.69, 9.17) is 9.15 Å². The molecular weight excluding hydrogens is 390 g/mol. The lowest BCUT2D eigenvalue weighted by Gasteiger charge is -2.21. The highest BCUT2D eigenvalue weighted by Gasteiger charge is 2.19. The molecule has 0 aliphatic carbocycles. The van der Waals surface area contributed by atoms with Gasteiger partial charge in [-0.2, -0.15) is 0 Å². The zero-order chi connectivity index (χ0) is 19.2. The summed E-state index contributed by atoms with van der Waals surface area (Å²) in [6.07, 6.45) is 2.78. The molecule has 1 aliphatic rings. The van der Waals surface area contributed by atoms with E-state index in [1.807, 2.05) is 66.0 Å². The summed E-state index contributed by atoms with van der Waals surface area (Å²) in [5.74, 6) is 3.14. The van der Waals surface area contributed by atoms with Crippen molar-refractivity contribution >= 4 is 35.1 Å². The summed E-state index contributed by atoms with van der Waals surface area (Å²) < 4.78 is 11.6. The summed E-state index contributed by atoms with van der Waals surface area (Å²) in [7, 11) is 0. The van der Waals surface area contributed by atoms with Crippen molar-refractivity contribution in [2.75, 3.05) is 16.8 Å². The van der Waals surface area contributed by atoms with Crippen molar-refractivity contribution in [3.05, 3.63) is 83.8 Å². The van der Waals surface area contributed by atoms with Crippen molar-refractivity contribution in [2.45, 2.75) is 17.6 Å². The van der Waals surface area contributed by atoms with Crippen molar-refractivity contribution in [2.24, 2.45) is 0 Å². The lowest BCUT2D eigenvalue weighted by Crippen LogP contribution is -2.14. The summed E-state index contributed by atoms with van der Waals surface area (Å²) in [5, 5.41) is 2.96. The maximum absolute atomic E-state index is 12.7. The lowest BCUT2D eigenvalue weighted by atomic mass is 10.2. The van der Waals surface area contributed by atoms with E-state index in [1.54, 1.807) is 6.07 Å². The standard InChI is InChI=1S/C22H21NO3S2/c24-21(20-17(10-11-25-20)15-26-19-8-2-1-3-9-19)23-18-7-4-6-16(14-18)22-27-12-5-13-28-22/h1-4,6-11,14,22H,5,12-13,15H2,(H,23,24). The molecular formula is C22H21NO3S2. The summed E-state index contributed by atoms with van der Waals surface area (Å²) >= 11 is 3.93. The van der Waals surface area contributed by atoms with Crippen LogP contribution in [0.15, 0.2) is 71.3 Å². The number of amides is 1. The molecule has 1 aromatic heterocycles. The maximum atomic E-state index is 12.7. The largest absolute Gasteiger partial charge is 0.489 e. The van der Waals surface area contributed by atoms with E-state index in [-0.39, 0.29) is 18.3 Å². The van der Waals surface area contributed by atoms with Gasteiger partial charge in [0.05, 0.1) is 10.8 Å². The fourth-order valence-corrected chi connectivity index (χ4v) is 5.83. The first-order valence-electron chi connectivity index (χ1n) is 9.18. The van der Waals surface area contributed by atoms with Gasteiger partial charge in [0, 0.05) is 11.3 Å². The Kier molecular flexibility index (Phi) is 6.29. The van der Waals surface area contributed by atoms with E-state index >= 15 is 0 Å². The number of ether oxygens (including phenoxy) is 1. The van der Waals surface area contributed by atoms with Crippen LogP contribution in [0.2, 0.25) is 0 Å². The molecule has 0 unspecified atom stereocenters. The summed E-state index contributed by atoms with van der Waals surface area (Å²) in [6.45, 7) is 0.276. The quantitative estimate of drug-likeness (QED) is 0.541. The number of nitrogens with one attached hydrogen (secondary N) is 1. The number of carbonyl (C=O) groups excluding carboxylic acids is 1. The highest BCUT2D eigenvalue weighted by atomic mass is 32.2. The zero-order valence-electron chi connectivity index (χ0n) is 15.3. The Hall–Kier alpha value is -2.31. The van der Waals surface area contributed by atoms with E-state index in [0.717, 1.165) is 17.0 Å². The van der Waals surface area contributed by atoms with Gasteiger partial charge < -0.3 is 14.5 Å². The number of para-hydroxylation sites is 1. The van der Waals surface area contributed by atoms with Crippen molar-refractivity contribution in [3.8, 4) is 5.75 Å². The van der Waals surface area contributed by atoms with Crippen LogP contribution in [0, 0.1) is 0 Å². The molecule has 1 N–H and O–H groups in total. The number of hydrogen-bond acceptors (Lipinski definition) is 5. The second-order valence-corrected chi connectivity index (χ2v) is 9.11. The van der Waals surface area contributed by atoms with Crippen LogP contribution in [0.1, 0.15) is 32.7 Å². The minimum absolute atomic E-state index is 0.266. The normalized spacial score (nSPS) is 14.6. The van der Waals surface area contributed by atoms with E-state index in [9.17, 15) is 4.79 Å². The predicted molar refractivity (Wildman–Crippen MR) is 116 cm³/mol. The molecule has 4 nitrogen and oxygen atoms in total. The number of thioether (sulfide) groups is 2. The van der Waals surface area contributed by atoms with E-state index in [1.165, 1.54) is 29.8 Å². The second kappa shape index (κ2) is 9.26. The highest BCUT2D eigenvalue weighted by Crippen LogP contribution is 2.44. The number of benzene rings is 2. The van der Waals surface area contributed by atoms with E-state index in [2.05, 4.69) is 17.4 Å². The van der Waals surface area contributed by atoms with Crippen LogP contribution in [0.4, 0.5) is 5.69 Å². The average molecular weight is 412 g/mol. The Balaban J connectivity index is 1.42. The second-order valence-electron chi connectivity index (χ2n) is 6.38. The fraction of sp³-hybridized carbons (Fsp3) is 0.227. The molecule has 4 rings (SSSR count). The number of hydrogen-bond donors (Lipinski definition) is 1. The molecule has 144 valence electrons. The first kappa shape index (κ1) is 19.0.